The number of rotatable bonds is 55. The molecule has 0 rings (SSSR count). The van der Waals surface area contributed by atoms with Gasteiger partial charge in [0.2, 0.25) is 5.91 Å². The van der Waals surface area contributed by atoms with Gasteiger partial charge in [-0.1, -0.05) is 265 Å². The van der Waals surface area contributed by atoms with Crippen LogP contribution in [0.5, 0.6) is 0 Å². The molecule has 3 atom stereocenters. The lowest BCUT2D eigenvalue weighted by Crippen LogP contribution is -2.45. The summed E-state index contributed by atoms with van der Waals surface area (Å²) in [4.78, 5) is 23.2. The van der Waals surface area contributed by atoms with Gasteiger partial charge in [0.25, 0.3) is 0 Å². The van der Waals surface area contributed by atoms with Gasteiger partial charge in [0.1, 0.15) is 13.2 Å². The first-order valence-corrected chi connectivity index (χ1v) is 32.1. The molecule has 0 radical (unpaired) electrons. The molecule has 0 fully saturated rings. The van der Waals surface area contributed by atoms with Crippen LogP contribution in [0, 0.1) is 0 Å². The normalized spacial score (nSPS) is 14.5. The number of amides is 1. The van der Waals surface area contributed by atoms with E-state index in [2.05, 4.69) is 104 Å². The first-order chi connectivity index (χ1) is 36.0. The molecule has 0 heterocycles. The number of allylic oxidation sites excluding steroid dienone is 15. The molecule has 0 aliphatic heterocycles. The van der Waals surface area contributed by atoms with Crippen LogP contribution in [0.1, 0.15) is 258 Å². The van der Waals surface area contributed by atoms with E-state index < -0.39 is 20.0 Å². The van der Waals surface area contributed by atoms with E-state index >= 15 is 0 Å². The number of carbonyl (C=O) groups is 1. The maximum absolute atomic E-state index is 12.9. The summed E-state index contributed by atoms with van der Waals surface area (Å²) in [6.45, 7) is 4.60. The molecule has 0 saturated carbocycles. The number of hydrogen-bond acceptors (Lipinski definition) is 5. The Balaban J connectivity index is 3.85. The molecule has 74 heavy (non-hydrogen) atoms. The summed E-state index contributed by atoms with van der Waals surface area (Å²) in [5.74, 6) is -0.192. The molecule has 8 nitrogen and oxygen atoms in total. The van der Waals surface area contributed by atoms with Gasteiger partial charge in [-0.15, -0.1) is 0 Å². The van der Waals surface area contributed by atoms with Crippen LogP contribution in [0.4, 0.5) is 0 Å². The van der Waals surface area contributed by atoms with Gasteiger partial charge in [0, 0.05) is 6.42 Å². The lowest BCUT2D eigenvalue weighted by Gasteiger charge is -2.25. The highest BCUT2D eigenvalue weighted by molar-refractivity contribution is 7.47. The second-order valence-electron chi connectivity index (χ2n) is 21.7. The number of aliphatic hydroxyl groups is 1. The summed E-state index contributed by atoms with van der Waals surface area (Å²) in [6.07, 6.45) is 79.9. The number of phosphoric ester groups is 1. The molecule has 3 N–H and O–H groups in total. The SMILES string of the molecule is CC/C=C\C/C=C\C/C=C\C/C=C\C/C=C\CCCCCCCCCCCCCCCCCCCCCCCCCCCC(=O)NC(COP(=O)(O)OCC[N+](C)(C)C)C(O)/C=C/CC/C=C/CC/C=C/CCC. The van der Waals surface area contributed by atoms with E-state index in [1.54, 1.807) is 6.08 Å². The molecular weight excluding hydrogens is 936 g/mol. The second-order valence-corrected chi connectivity index (χ2v) is 23.1. The maximum Gasteiger partial charge on any atom is 0.472 e. The first kappa shape index (κ1) is 71.4. The lowest BCUT2D eigenvalue weighted by molar-refractivity contribution is -0.870. The fourth-order valence-corrected chi connectivity index (χ4v) is 9.26. The molecule has 0 aromatic heterocycles. The fraction of sp³-hybridized carbons (Fsp3) is 0.738. The van der Waals surface area contributed by atoms with Crippen LogP contribution in [-0.4, -0.2) is 73.4 Å². The van der Waals surface area contributed by atoms with Gasteiger partial charge >= 0.3 is 7.82 Å². The third-order valence-electron chi connectivity index (χ3n) is 13.2. The highest BCUT2D eigenvalue weighted by Crippen LogP contribution is 2.43. The number of nitrogens with zero attached hydrogens (tertiary/aromatic N) is 1. The summed E-state index contributed by atoms with van der Waals surface area (Å²) in [5.41, 5.74) is 0. The molecule has 3 unspecified atom stereocenters. The van der Waals surface area contributed by atoms with Gasteiger partial charge in [-0.25, -0.2) is 4.57 Å². The molecule has 0 bridgehead atoms. The minimum Gasteiger partial charge on any atom is -0.387 e. The molecule has 1 amide bonds. The van der Waals surface area contributed by atoms with Crippen molar-refractivity contribution in [3.63, 3.8) is 0 Å². The first-order valence-electron chi connectivity index (χ1n) is 30.6. The number of phosphoric acid groups is 1. The Morgan fingerprint density at radius 1 is 0.473 bits per heavy atom. The monoisotopic (exact) mass is 1050 g/mol. The summed E-state index contributed by atoms with van der Waals surface area (Å²) < 4.78 is 23.6. The second kappa shape index (κ2) is 55.2. The van der Waals surface area contributed by atoms with E-state index in [-0.39, 0.29) is 19.1 Å². The predicted octanol–water partition coefficient (Wildman–Crippen LogP) is 19.0. The Bertz CT molecular complexity index is 1520. The molecule has 428 valence electrons. The number of hydrogen-bond donors (Lipinski definition) is 3. The minimum atomic E-state index is -4.35. The van der Waals surface area contributed by atoms with Crippen molar-refractivity contribution in [3.8, 4) is 0 Å². The summed E-state index contributed by atoms with van der Waals surface area (Å²) >= 11 is 0. The van der Waals surface area contributed by atoms with Crippen molar-refractivity contribution in [2.45, 2.75) is 270 Å². The Kier molecular flexibility index (Phi) is 53.3. The lowest BCUT2D eigenvalue weighted by atomic mass is 10.0. The zero-order valence-electron chi connectivity index (χ0n) is 48.8. The third kappa shape index (κ3) is 57.1. The molecule has 0 aromatic rings. The third-order valence-corrected chi connectivity index (χ3v) is 14.2. The van der Waals surface area contributed by atoms with Gasteiger partial charge in [-0.05, 0) is 83.5 Å². The number of aliphatic hydroxyl groups excluding tert-OH is 1. The molecule has 0 spiro atoms. The topological polar surface area (TPSA) is 105 Å². The number of likely N-dealkylation sites (N-methyl/N-ethyl adjacent to an activating group) is 1. The number of nitrogens with one attached hydrogen (secondary N) is 1. The van der Waals surface area contributed by atoms with Crippen molar-refractivity contribution in [2.24, 2.45) is 0 Å². The Labute approximate surface area is 458 Å². The van der Waals surface area contributed by atoms with Crippen LogP contribution in [0.25, 0.3) is 0 Å². The van der Waals surface area contributed by atoms with Crippen molar-refractivity contribution in [1.29, 1.82) is 0 Å². The zero-order chi connectivity index (χ0) is 54.2. The highest BCUT2D eigenvalue weighted by Gasteiger charge is 2.27. The average molecular weight is 1050 g/mol. The number of carbonyl (C=O) groups excluding carboxylic acids is 1. The van der Waals surface area contributed by atoms with E-state index in [9.17, 15) is 19.4 Å². The minimum absolute atomic E-state index is 0.0518. The van der Waals surface area contributed by atoms with Gasteiger partial charge in [0.15, 0.2) is 0 Å². The number of quaternary nitrogens is 1. The van der Waals surface area contributed by atoms with Crippen LogP contribution >= 0.6 is 7.82 Å². The summed E-state index contributed by atoms with van der Waals surface area (Å²) in [6, 6.07) is -0.870. The van der Waals surface area contributed by atoms with Crippen LogP contribution in [-0.2, 0) is 18.4 Å². The van der Waals surface area contributed by atoms with Gasteiger partial charge in [-0.2, -0.15) is 0 Å². The van der Waals surface area contributed by atoms with Crippen LogP contribution in [0.3, 0.4) is 0 Å². The molecule has 9 heteroatoms. The van der Waals surface area contributed by atoms with Crippen molar-refractivity contribution in [1.82, 2.24) is 5.32 Å². The van der Waals surface area contributed by atoms with Gasteiger partial charge in [-0.3, -0.25) is 13.8 Å². The molecular formula is C65H118N2O6P+. The van der Waals surface area contributed by atoms with Crippen molar-refractivity contribution in [2.75, 3.05) is 40.9 Å². The summed E-state index contributed by atoms with van der Waals surface area (Å²) in [5, 5.41) is 13.8. The molecule has 0 saturated heterocycles. The smallest absolute Gasteiger partial charge is 0.387 e. The van der Waals surface area contributed by atoms with Crippen LogP contribution in [0.15, 0.2) is 97.2 Å². The average Bonchev–Trinajstić information content (AvgIpc) is 3.36. The van der Waals surface area contributed by atoms with E-state index in [4.69, 9.17) is 9.05 Å². The molecule has 0 aromatic carbocycles. The van der Waals surface area contributed by atoms with E-state index in [1.165, 1.54) is 154 Å². The van der Waals surface area contributed by atoms with Crippen LogP contribution in [0.2, 0.25) is 0 Å². The van der Waals surface area contributed by atoms with Crippen molar-refractivity contribution < 1.29 is 32.9 Å². The Hall–Kier alpha value is -2.58. The highest BCUT2D eigenvalue weighted by atomic mass is 31.2. The van der Waals surface area contributed by atoms with Crippen molar-refractivity contribution >= 4 is 13.7 Å². The van der Waals surface area contributed by atoms with Gasteiger partial charge in [0.05, 0.1) is 39.9 Å². The summed E-state index contributed by atoms with van der Waals surface area (Å²) in [7, 11) is 1.54. The Morgan fingerprint density at radius 3 is 1.23 bits per heavy atom. The molecule has 0 aliphatic rings. The van der Waals surface area contributed by atoms with E-state index in [0.717, 1.165) is 83.5 Å². The van der Waals surface area contributed by atoms with E-state index in [1.807, 2.05) is 27.2 Å². The quantitative estimate of drug-likeness (QED) is 0.0243. The van der Waals surface area contributed by atoms with Crippen LogP contribution < -0.4 is 5.32 Å². The predicted molar refractivity (Wildman–Crippen MR) is 322 cm³/mol. The van der Waals surface area contributed by atoms with Gasteiger partial charge < -0.3 is 19.8 Å². The zero-order valence-corrected chi connectivity index (χ0v) is 49.7. The number of unbranched alkanes of at least 4 members (excludes halogenated alkanes) is 28. The standard InChI is InChI=1S/C65H117N2O6P/c1-6-8-10-12-14-16-18-19-20-21-22-23-24-25-26-27-28-29-30-31-32-33-34-35-36-37-38-39-40-41-42-43-44-45-46-47-49-51-53-55-57-59-65(69)66-63(62-73-74(70,71)72-61-60-67(3,4)5)64(68)58-56-54-52-50-48-17-15-13-11-9-7-2/h8,10-11,13-14,16,19-20,22-23,25-26,48,50,56,58,63-64,68H,6-7,9,12,15,17-18,21,24,27-47,49,51-55,57,59-62H2,1-5H3,(H-,66,69,70,71)/p+1/b10-8-,13-11+,16-14-,20-19-,23-22-,26-25-,50-48+,58-56+. The molecule has 0 aliphatic carbocycles. The Morgan fingerprint density at radius 2 is 0.824 bits per heavy atom. The largest absolute Gasteiger partial charge is 0.472 e. The van der Waals surface area contributed by atoms with Crippen molar-refractivity contribution in [3.05, 3.63) is 97.2 Å². The maximum atomic E-state index is 12.9. The fourth-order valence-electron chi connectivity index (χ4n) is 8.52. The van der Waals surface area contributed by atoms with E-state index in [0.29, 0.717) is 17.4 Å².